The molecule has 1 saturated heterocycles. The Balaban J connectivity index is 0.00000132. The van der Waals surface area contributed by atoms with E-state index >= 15 is 0 Å². The Kier molecular flexibility index (Phi) is 8.92. The van der Waals surface area contributed by atoms with E-state index in [9.17, 15) is 0 Å². The molecule has 4 heteroatoms. The normalized spacial score (nSPS) is 20.8. The van der Waals surface area contributed by atoms with Gasteiger partial charge in [-0.25, -0.2) is 0 Å². The van der Waals surface area contributed by atoms with Crippen LogP contribution in [-0.4, -0.2) is 31.1 Å². The minimum atomic E-state index is 0. The number of benzene rings is 1. The van der Waals surface area contributed by atoms with Crippen molar-refractivity contribution in [3.63, 3.8) is 0 Å². The Labute approximate surface area is 154 Å². The van der Waals surface area contributed by atoms with Crippen LogP contribution in [0.3, 0.4) is 0 Å². The van der Waals surface area contributed by atoms with Gasteiger partial charge in [0.25, 0.3) is 0 Å². The maximum Gasteiger partial charge on any atom is 0.0377 e. The van der Waals surface area contributed by atoms with Gasteiger partial charge in [0.2, 0.25) is 0 Å². The molecule has 23 heavy (non-hydrogen) atoms. The van der Waals surface area contributed by atoms with E-state index in [-0.39, 0.29) is 24.8 Å². The third kappa shape index (κ3) is 5.09. The zero-order valence-corrected chi connectivity index (χ0v) is 16.1. The number of nitrogens with one attached hydrogen (secondary N) is 1. The van der Waals surface area contributed by atoms with Gasteiger partial charge in [-0.2, -0.15) is 0 Å². The molecule has 1 atom stereocenters. The highest BCUT2D eigenvalue weighted by Crippen LogP contribution is 2.39. The van der Waals surface area contributed by atoms with Gasteiger partial charge < -0.3 is 5.32 Å². The Morgan fingerprint density at radius 3 is 1.96 bits per heavy atom. The molecular formula is C19H32Cl2N2. The highest BCUT2D eigenvalue weighted by Gasteiger charge is 2.31. The molecule has 1 aliphatic carbocycles. The molecule has 0 bridgehead atoms. The molecule has 0 amide bonds. The first-order valence-electron chi connectivity index (χ1n) is 8.80. The van der Waals surface area contributed by atoms with Gasteiger partial charge in [0.15, 0.2) is 0 Å². The summed E-state index contributed by atoms with van der Waals surface area (Å²) in [6, 6.07) is 10.2. The van der Waals surface area contributed by atoms with Gasteiger partial charge in [-0.1, -0.05) is 51.0 Å². The number of hydrogen-bond acceptors (Lipinski definition) is 2. The maximum atomic E-state index is 3.49. The third-order valence-corrected chi connectivity index (χ3v) is 5.34. The van der Waals surface area contributed by atoms with Crippen LogP contribution >= 0.6 is 24.8 Å². The van der Waals surface area contributed by atoms with E-state index in [1.807, 2.05) is 0 Å². The summed E-state index contributed by atoms with van der Waals surface area (Å²) in [6.07, 6.45) is 5.69. The fourth-order valence-corrected chi connectivity index (χ4v) is 4.09. The smallest absolute Gasteiger partial charge is 0.0377 e. The molecule has 1 saturated carbocycles. The quantitative estimate of drug-likeness (QED) is 0.832. The van der Waals surface area contributed by atoms with E-state index in [4.69, 9.17) is 0 Å². The van der Waals surface area contributed by atoms with Crippen LogP contribution in [0.15, 0.2) is 24.3 Å². The van der Waals surface area contributed by atoms with Crippen LogP contribution in [0, 0.1) is 5.92 Å². The number of piperazine rings is 1. The Bertz CT molecular complexity index is 435. The minimum Gasteiger partial charge on any atom is -0.314 e. The molecular weight excluding hydrogens is 327 g/mol. The van der Waals surface area contributed by atoms with E-state index in [1.54, 1.807) is 5.56 Å². The number of rotatable bonds is 4. The zero-order valence-electron chi connectivity index (χ0n) is 14.5. The fourth-order valence-electron chi connectivity index (χ4n) is 4.09. The van der Waals surface area contributed by atoms with E-state index < -0.39 is 0 Å². The van der Waals surface area contributed by atoms with Crippen molar-refractivity contribution in [1.82, 2.24) is 10.2 Å². The van der Waals surface area contributed by atoms with Gasteiger partial charge in [0.05, 0.1) is 0 Å². The molecule has 0 aromatic heterocycles. The Morgan fingerprint density at radius 2 is 1.43 bits per heavy atom. The lowest BCUT2D eigenvalue weighted by Gasteiger charge is -2.38. The highest BCUT2D eigenvalue weighted by atomic mass is 35.5. The lowest BCUT2D eigenvalue weighted by molar-refractivity contribution is 0.125. The predicted molar refractivity (Wildman–Crippen MR) is 104 cm³/mol. The van der Waals surface area contributed by atoms with Crippen LogP contribution in [0.4, 0.5) is 0 Å². The number of hydrogen-bond donors (Lipinski definition) is 1. The van der Waals surface area contributed by atoms with Crippen LogP contribution in [0.25, 0.3) is 0 Å². The molecule has 1 aromatic rings. The van der Waals surface area contributed by atoms with Crippen molar-refractivity contribution in [2.24, 2.45) is 5.92 Å². The van der Waals surface area contributed by atoms with Crippen LogP contribution in [-0.2, 0) is 0 Å². The minimum absolute atomic E-state index is 0. The average molecular weight is 359 g/mol. The zero-order chi connectivity index (χ0) is 14.7. The summed E-state index contributed by atoms with van der Waals surface area (Å²) < 4.78 is 0. The second-order valence-corrected chi connectivity index (χ2v) is 7.10. The standard InChI is InChI=1S/C19H30N2.2ClH/c1-15(2)16-7-9-18(10-8-16)19(17-5-3-4-6-17)21-13-11-20-12-14-21;;/h7-10,15,17,19-20H,3-6,11-14H2,1-2H3;2*1H/t19-;;/m1../s1. The van der Waals surface area contributed by atoms with Crippen molar-refractivity contribution in [1.29, 1.82) is 0 Å². The third-order valence-electron chi connectivity index (χ3n) is 5.34. The summed E-state index contributed by atoms with van der Waals surface area (Å²) in [6.45, 7) is 9.25. The molecule has 1 aliphatic heterocycles. The van der Waals surface area contributed by atoms with Gasteiger partial charge in [-0.15, -0.1) is 24.8 Å². The van der Waals surface area contributed by atoms with Crippen molar-refractivity contribution in [3.05, 3.63) is 35.4 Å². The summed E-state index contributed by atoms with van der Waals surface area (Å²) in [4.78, 5) is 2.73. The largest absolute Gasteiger partial charge is 0.314 e. The van der Waals surface area contributed by atoms with Crippen LogP contribution in [0.1, 0.15) is 62.6 Å². The molecule has 0 radical (unpaired) electrons. The van der Waals surface area contributed by atoms with Gasteiger partial charge in [0, 0.05) is 32.2 Å². The monoisotopic (exact) mass is 358 g/mol. The lowest BCUT2D eigenvalue weighted by Crippen LogP contribution is -2.46. The average Bonchev–Trinajstić information content (AvgIpc) is 3.03. The van der Waals surface area contributed by atoms with Crippen LogP contribution in [0.2, 0.25) is 0 Å². The first-order valence-corrected chi connectivity index (χ1v) is 8.80. The molecule has 2 nitrogen and oxygen atoms in total. The number of nitrogens with zero attached hydrogens (tertiary/aromatic N) is 1. The Morgan fingerprint density at radius 1 is 0.913 bits per heavy atom. The van der Waals surface area contributed by atoms with Crippen LogP contribution < -0.4 is 5.32 Å². The van der Waals surface area contributed by atoms with Crippen molar-refractivity contribution in [2.75, 3.05) is 26.2 Å². The van der Waals surface area contributed by atoms with Crippen molar-refractivity contribution < 1.29 is 0 Å². The van der Waals surface area contributed by atoms with Crippen LogP contribution in [0.5, 0.6) is 0 Å². The molecule has 3 rings (SSSR count). The van der Waals surface area contributed by atoms with Crippen molar-refractivity contribution in [3.8, 4) is 0 Å². The first kappa shape index (κ1) is 20.8. The predicted octanol–water partition coefficient (Wildman–Crippen LogP) is 4.79. The molecule has 1 N–H and O–H groups in total. The summed E-state index contributed by atoms with van der Waals surface area (Å²) >= 11 is 0. The SMILES string of the molecule is CC(C)c1ccc([C@@H](C2CCCC2)N2CCNCC2)cc1.Cl.Cl. The molecule has 1 heterocycles. The highest BCUT2D eigenvalue weighted by molar-refractivity contribution is 5.85. The summed E-state index contributed by atoms with van der Waals surface area (Å²) in [5.74, 6) is 1.50. The van der Waals surface area contributed by atoms with Gasteiger partial charge in [0.1, 0.15) is 0 Å². The lowest BCUT2D eigenvalue weighted by atomic mass is 9.88. The molecule has 2 aliphatic rings. The van der Waals surface area contributed by atoms with Gasteiger partial charge in [-0.3, -0.25) is 4.90 Å². The number of halogens is 2. The van der Waals surface area contributed by atoms with Gasteiger partial charge >= 0.3 is 0 Å². The van der Waals surface area contributed by atoms with Crippen molar-refractivity contribution in [2.45, 2.75) is 51.5 Å². The maximum absolute atomic E-state index is 3.49. The van der Waals surface area contributed by atoms with E-state index in [0.717, 1.165) is 19.0 Å². The van der Waals surface area contributed by atoms with Crippen molar-refractivity contribution >= 4 is 24.8 Å². The molecule has 2 fully saturated rings. The summed E-state index contributed by atoms with van der Waals surface area (Å²) in [5.41, 5.74) is 3.01. The topological polar surface area (TPSA) is 15.3 Å². The van der Waals surface area contributed by atoms with E-state index in [0.29, 0.717) is 12.0 Å². The van der Waals surface area contributed by atoms with Gasteiger partial charge in [-0.05, 0) is 35.8 Å². The Hall–Kier alpha value is -0.280. The molecule has 0 spiro atoms. The fraction of sp³-hybridized carbons (Fsp3) is 0.684. The molecule has 1 aromatic carbocycles. The second kappa shape index (κ2) is 9.88. The first-order chi connectivity index (χ1) is 10.3. The summed E-state index contributed by atoms with van der Waals surface area (Å²) in [7, 11) is 0. The molecule has 132 valence electrons. The second-order valence-electron chi connectivity index (χ2n) is 7.10. The van der Waals surface area contributed by atoms with E-state index in [1.165, 1.54) is 44.3 Å². The van der Waals surface area contributed by atoms with E-state index in [2.05, 4.69) is 48.3 Å². The summed E-state index contributed by atoms with van der Waals surface area (Å²) in [5, 5.41) is 3.49. The molecule has 0 unspecified atom stereocenters.